The summed E-state index contributed by atoms with van der Waals surface area (Å²) in [5, 5.41) is 0. The highest BCUT2D eigenvalue weighted by atomic mass is 32.2. The highest BCUT2D eigenvalue weighted by molar-refractivity contribution is 7.92. The van der Waals surface area contributed by atoms with Crippen molar-refractivity contribution in [3.63, 3.8) is 0 Å². The average Bonchev–Trinajstić information content (AvgIpc) is 2.77. The van der Waals surface area contributed by atoms with Gasteiger partial charge in [-0.1, -0.05) is 26.3 Å². The fraction of sp³-hybridized carbons (Fsp3) is 0.364. The normalized spacial score (nSPS) is 10.8. The lowest BCUT2D eigenvalue weighted by Crippen LogP contribution is -2.41. The topological polar surface area (TPSA) is 123 Å². The van der Waals surface area contributed by atoms with Crippen LogP contribution in [0.2, 0.25) is 0 Å². The van der Waals surface area contributed by atoms with E-state index >= 15 is 0 Å². The number of unbranched alkanes of at least 4 members (excludes halogenated alkanes) is 1. The average molecular weight is 464 g/mol. The number of anilines is 1. The standard InChI is InChI=1S/C22H29N3O6S/c1-4-6-12-31-19-11-10-17(15-20(19)30-3)22(27)24-23-21(26)16-8-7-9-18(14-16)25-32(28,29)13-5-2/h7-11,14-15,25H,4-6,12-13H2,1-3H3,(H,23,26)(H,24,27). The van der Waals surface area contributed by atoms with Gasteiger partial charge in [0.25, 0.3) is 11.8 Å². The fourth-order valence-electron chi connectivity index (χ4n) is 2.74. The number of hydrazine groups is 1. The second kappa shape index (κ2) is 11.9. The number of hydrogen-bond acceptors (Lipinski definition) is 6. The van der Waals surface area contributed by atoms with Crippen molar-refractivity contribution in [2.45, 2.75) is 33.1 Å². The van der Waals surface area contributed by atoms with E-state index in [-0.39, 0.29) is 22.6 Å². The van der Waals surface area contributed by atoms with E-state index < -0.39 is 21.8 Å². The van der Waals surface area contributed by atoms with E-state index in [1.165, 1.54) is 25.3 Å². The van der Waals surface area contributed by atoms with Crippen molar-refractivity contribution in [2.75, 3.05) is 24.2 Å². The molecule has 0 aliphatic rings. The zero-order chi connectivity index (χ0) is 23.6. The summed E-state index contributed by atoms with van der Waals surface area (Å²) in [6.07, 6.45) is 2.37. The van der Waals surface area contributed by atoms with Crippen molar-refractivity contribution < 1.29 is 27.5 Å². The summed E-state index contributed by atoms with van der Waals surface area (Å²) >= 11 is 0. The van der Waals surface area contributed by atoms with E-state index in [2.05, 4.69) is 22.5 Å². The number of amides is 2. The molecule has 0 atom stereocenters. The van der Waals surface area contributed by atoms with Crippen molar-refractivity contribution in [3.8, 4) is 11.5 Å². The number of ether oxygens (including phenoxy) is 2. The molecule has 10 heteroatoms. The Bertz CT molecular complexity index is 1040. The highest BCUT2D eigenvalue weighted by Gasteiger charge is 2.14. The molecule has 9 nitrogen and oxygen atoms in total. The number of rotatable bonds is 11. The van der Waals surface area contributed by atoms with E-state index in [9.17, 15) is 18.0 Å². The summed E-state index contributed by atoms with van der Waals surface area (Å²) in [7, 11) is -2.00. The fourth-order valence-corrected chi connectivity index (χ4v) is 3.86. The molecule has 0 aliphatic carbocycles. The first kappa shape index (κ1) is 25.0. The van der Waals surface area contributed by atoms with Gasteiger partial charge in [0.15, 0.2) is 11.5 Å². The van der Waals surface area contributed by atoms with E-state index in [0.717, 1.165) is 12.8 Å². The van der Waals surface area contributed by atoms with Crippen LogP contribution in [0.3, 0.4) is 0 Å². The van der Waals surface area contributed by atoms with Gasteiger partial charge >= 0.3 is 0 Å². The van der Waals surface area contributed by atoms with Crippen LogP contribution in [0.4, 0.5) is 5.69 Å². The van der Waals surface area contributed by atoms with Crippen molar-refractivity contribution >= 4 is 27.5 Å². The first-order valence-electron chi connectivity index (χ1n) is 10.3. The van der Waals surface area contributed by atoms with Gasteiger partial charge in [-0.05, 0) is 49.2 Å². The molecule has 32 heavy (non-hydrogen) atoms. The Morgan fingerprint density at radius 1 is 0.906 bits per heavy atom. The van der Waals surface area contributed by atoms with Gasteiger partial charge in [0.1, 0.15) is 0 Å². The number of hydrogen-bond donors (Lipinski definition) is 3. The molecule has 0 saturated carbocycles. The number of sulfonamides is 1. The molecule has 0 bridgehead atoms. The Hall–Kier alpha value is -3.27. The first-order chi connectivity index (χ1) is 15.3. The van der Waals surface area contributed by atoms with E-state index in [4.69, 9.17) is 9.47 Å². The lowest BCUT2D eigenvalue weighted by molar-refractivity contribution is 0.0846. The molecule has 0 radical (unpaired) electrons. The molecular formula is C22H29N3O6S. The van der Waals surface area contributed by atoms with Crippen LogP contribution in [0.5, 0.6) is 11.5 Å². The minimum absolute atomic E-state index is 0.0224. The van der Waals surface area contributed by atoms with Crippen molar-refractivity contribution in [3.05, 3.63) is 53.6 Å². The van der Waals surface area contributed by atoms with Crippen LogP contribution >= 0.6 is 0 Å². The quantitative estimate of drug-likeness (QED) is 0.348. The lowest BCUT2D eigenvalue weighted by Gasteiger charge is -2.13. The Labute approximate surface area is 188 Å². The maximum absolute atomic E-state index is 12.4. The highest BCUT2D eigenvalue weighted by Crippen LogP contribution is 2.28. The smallest absolute Gasteiger partial charge is 0.269 e. The number of benzene rings is 2. The predicted octanol–water partition coefficient (Wildman–Crippen LogP) is 3.10. The van der Waals surface area contributed by atoms with Gasteiger partial charge in [0, 0.05) is 16.8 Å². The van der Waals surface area contributed by atoms with Crippen LogP contribution < -0.4 is 25.0 Å². The monoisotopic (exact) mass is 463 g/mol. The summed E-state index contributed by atoms with van der Waals surface area (Å²) in [6.45, 7) is 4.36. The van der Waals surface area contributed by atoms with Crippen LogP contribution in [-0.4, -0.2) is 39.7 Å². The molecule has 0 heterocycles. The number of methoxy groups -OCH3 is 1. The third-order valence-electron chi connectivity index (χ3n) is 4.34. The largest absolute Gasteiger partial charge is 0.493 e. The summed E-state index contributed by atoms with van der Waals surface area (Å²) in [5.41, 5.74) is 5.37. The predicted molar refractivity (Wildman–Crippen MR) is 122 cm³/mol. The summed E-state index contributed by atoms with van der Waals surface area (Å²) in [6, 6.07) is 10.7. The van der Waals surface area contributed by atoms with Crippen LogP contribution in [0.1, 0.15) is 53.8 Å². The van der Waals surface area contributed by atoms with E-state index in [1.807, 2.05) is 0 Å². The number of carbonyl (C=O) groups is 2. The molecule has 2 amide bonds. The SMILES string of the molecule is CCCCOc1ccc(C(=O)NNC(=O)c2cccc(NS(=O)(=O)CCC)c2)cc1OC. The molecule has 0 aliphatic heterocycles. The molecule has 0 fully saturated rings. The molecule has 2 aromatic rings. The molecule has 0 aromatic heterocycles. The maximum atomic E-state index is 12.4. The zero-order valence-electron chi connectivity index (χ0n) is 18.4. The van der Waals surface area contributed by atoms with Gasteiger partial charge < -0.3 is 9.47 Å². The second-order valence-corrected chi connectivity index (χ2v) is 8.82. The number of carbonyl (C=O) groups excluding carboxylic acids is 2. The van der Waals surface area contributed by atoms with Gasteiger partial charge in [-0.3, -0.25) is 25.2 Å². The molecule has 3 N–H and O–H groups in total. The van der Waals surface area contributed by atoms with Gasteiger partial charge in [-0.25, -0.2) is 8.42 Å². The summed E-state index contributed by atoms with van der Waals surface area (Å²) in [5.74, 6) is -0.222. The van der Waals surface area contributed by atoms with Gasteiger partial charge in [0.05, 0.1) is 19.5 Å². The number of nitrogens with one attached hydrogen (secondary N) is 3. The van der Waals surface area contributed by atoms with Gasteiger partial charge in [-0.2, -0.15) is 0 Å². The Balaban J connectivity index is 2.01. The van der Waals surface area contributed by atoms with Crippen molar-refractivity contribution in [1.82, 2.24) is 10.9 Å². The summed E-state index contributed by atoms with van der Waals surface area (Å²) in [4.78, 5) is 24.8. The minimum atomic E-state index is -3.48. The molecule has 2 rings (SSSR count). The van der Waals surface area contributed by atoms with E-state index in [1.54, 1.807) is 31.2 Å². The van der Waals surface area contributed by atoms with Crippen molar-refractivity contribution in [2.24, 2.45) is 0 Å². The van der Waals surface area contributed by atoms with Crippen LogP contribution in [0, 0.1) is 0 Å². The molecule has 0 unspecified atom stereocenters. The Morgan fingerprint density at radius 2 is 1.59 bits per heavy atom. The third kappa shape index (κ3) is 7.45. The minimum Gasteiger partial charge on any atom is -0.493 e. The molecule has 174 valence electrons. The van der Waals surface area contributed by atoms with Crippen LogP contribution in [0.15, 0.2) is 42.5 Å². The first-order valence-corrected chi connectivity index (χ1v) is 12.0. The Kier molecular flexibility index (Phi) is 9.33. The molecule has 0 spiro atoms. The molecule has 0 saturated heterocycles. The zero-order valence-corrected chi connectivity index (χ0v) is 19.3. The lowest BCUT2D eigenvalue weighted by atomic mass is 10.2. The summed E-state index contributed by atoms with van der Waals surface area (Å²) < 4.78 is 37.2. The van der Waals surface area contributed by atoms with Gasteiger partial charge in [-0.15, -0.1) is 0 Å². The maximum Gasteiger partial charge on any atom is 0.269 e. The third-order valence-corrected chi connectivity index (χ3v) is 5.83. The molecule has 2 aromatic carbocycles. The van der Waals surface area contributed by atoms with E-state index in [0.29, 0.717) is 24.5 Å². The van der Waals surface area contributed by atoms with Crippen molar-refractivity contribution in [1.29, 1.82) is 0 Å². The molecular weight excluding hydrogens is 434 g/mol. The van der Waals surface area contributed by atoms with Gasteiger partial charge in [0.2, 0.25) is 10.0 Å². The van der Waals surface area contributed by atoms with Crippen LogP contribution in [0.25, 0.3) is 0 Å². The Morgan fingerprint density at radius 3 is 2.22 bits per heavy atom. The van der Waals surface area contributed by atoms with Crippen LogP contribution in [-0.2, 0) is 10.0 Å². The second-order valence-electron chi connectivity index (χ2n) is 6.98.